The van der Waals surface area contributed by atoms with Gasteiger partial charge in [0.1, 0.15) is 5.82 Å². The lowest BCUT2D eigenvalue weighted by molar-refractivity contribution is -0.138. The minimum Gasteiger partial charge on any atom is -0.350 e. The van der Waals surface area contributed by atoms with Crippen LogP contribution in [0.2, 0.25) is 0 Å². The molecule has 1 aliphatic carbocycles. The summed E-state index contributed by atoms with van der Waals surface area (Å²) >= 11 is 0. The van der Waals surface area contributed by atoms with Crippen molar-refractivity contribution in [2.75, 3.05) is 24.5 Å². The van der Waals surface area contributed by atoms with E-state index < -0.39 is 0 Å². The third kappa shape index (κ3) is 4.16. The lowest BCUT2D eigenvalue weighted by atomic mass is 9.69. The van der Waals surface area contributed by atoms with Gasteiger partial charge < -0.3 is 9.80 Å². The fraction of sp³-hybridized carbons (Fsp3) is 0.714. The van der Waals surface area contributed by atoms with Gasteiger partial charge in [-0.05, 0) is 56.1 Å². The maximum absolute atomic E-state index is 13.0. The lowest BCUT2D eigenvalue weighted by Gasteiger charge is -2.43. The van der Waals surface area contributed by atoms with Gasteiger partial charge in [0.25, 0.3) is 0 Å². The predicted octanol–water partition coefficient (Wildman–Crippen LogP) is 3.97. The number of rotatable bonds is 2. The van der Waals surface area contributed by atoms with Crippen LogP contribution in [0.1, 0.15) is 53.4 Å². The Bertz CT molecular complexity index is 573. The molecule has 0 unspecified atom stereocenters. The molecule has 1 saturated heterocycles. The van der Waals surface area contributed by atoms with Crippen LogP contribution in [0.25, 0.3) is 0 Å². The highest BCUT2D eigenvalue weighted by Gasteiger charge is 2.36. The highest BCUT2D eigenvalue weighted by molar-refractivity contribution is 5.79. The number of anilines is 1. The summed E-state index contributed by atoms with van der Waals surface area (Å²) in [5.74, 6) is 2.41. The fourth-order valence-electron chi connectivity index (χ4n) is 4.49. The highest BCUT2D eigenvalue weighted by atomic mass is 16.2. The van der Waals surface area contributed by atoms with Crippen molar-refractivity contribution in [1.82, 2.24) is 9.88 Å². The van der Waals surface area contributed by atoms with E-state index in [0.29, 0.717) is 17.4 Å². The Balaban J connectivity index is 1.55. The summed E-state index contributed by atoms with van der Waals surface area (Å²) in [5.41, 5.74) is 0.372. The fourth-order valence-corrected chi connectivity index (χ4v) is 4.49. The zero-order valence-corrected chi connectivity index (χ0v) is 16.2. The molecule has 1 atom stereocenters. The van der Waals surface area contributed by atoms with Crippen molar-refractivity contribution in [2.45, 2.75) is 59.4 Å². The Morgan fingerprint density at radius 3 is 2.40 bits per heavy atom. The van der Waals surface area contributed by atoms with Gasteiger partial charge in [-0.25, -0.2) is 4.98 Å². The SMILES string of the molecule is C[C@@H]1CN(C(=O)C2CCC(C(C)(C)C)CC2)CCN1c1ccccn1. The van der Waals surface area contributed by atoms with Crippen molar-refractivity contribution >= 4 is 11.7 Å². The van der Waals surface area contributed by atoms with E-state index in [2.05, 4.69) is 48.5 Å². The summed E-state index contributed by atoms with van der Waals surface area (Å²) in [7, 11) is 0. The summed E-state index contributed by atoms with van der Waals surface area (Å²) < 4.78 is 0. The first-order valence-electron chi connectivity index (χ1n) is 9.82. The molecule has 2 aliphatic rings. The van der Waals surface area contributed by atoms with Crippen molar-refractivity contribution in [3.63, 3.8) is 0 Å². The molecule has 4 nitrogen and oxygen atoms in total. The molecule has 138 valence electrons. The third-order valence-electron chi connectivity index (χ3n) is 6.18. The standard InChI is InChI=1S/C21H33N3O/c1-16-15-23(13-14-24(16)19-7-5-6-12-22-19)20(25)17-8-10-18(11-9-17)21(2,3)4/h5-7,12,16-18H,8-11,13-15H2,1-4H3/t16-,17?,18?/m1/s1. The normalized spacial score (nSPS) is 28.1. The smallest absolute Gasteiger partial charge is 0.225 e. The molecule has 1 aromatic heterocycles. The van der Waals surface area contributed by atoms with E-state index in [0.717, 1.165) is 44.2 Å². The number of amides is 1. The number of nitrogens with zero attached hydrogens (tertiary/aromatic N) is 3. The topological polar surface area (TPSA) is 36.4 Å². The Morgan fingerprint density at radius 2 is 1.84 bits per heavy atom. The average Bonchev–Trinajstić information content (AvgIpc) is 2.61. The molecule has 3 rings (SSSR count). The van der Waals surface area contributed by atoms with E-state index in [1.165, 1.54) is 12.8 Å². The largest absolute Gasteiger partial charge is 0.350 e. The Kier molecular flexibility index (Phi) is 5.35. The second kappa shape index (κ2) is 7.35. The van der Waals surface area contributed by atoms with Gasteiger partial charge in [0.05, 0.1) is 0 Å². The summed E-state index contributed by atoms with van der Waals surface area (Å²) in [6.07, 6.45) is 6.37. The number of piperazine rings is 1. The van der Waals surface area contributed by atoms with Gasteiger partial charge in [-0.15, -0.1) is 0 Å². The van der Waals surface area contributed by atoms with Gasteiger partial charge in [0.15, 0.2) is 0 Å². The van der Waals surface area contributed by atoms with Crippen molar-refractivity contribution in [3.8, 4) is 0 Å². The molecule has 1 amide bonds. The number of carbonyl (C=O) groups excluding carboxylic acids is 1. The van der Waals surface area contributed by atoms with E-state index in [1.807, 2.05) is 18.3 Å². The Labute approximate surface area is 152 Å². The lowest BCUT2D eigenvalue weighted by Crippen LogP contribution is -2.55. The minimum absolute atomic E-state index is 0.243. The summed E-state index contributed by atoms with van der Waals surface area (Å²) in [5, 5.41) is 0. The number of aromatic nitrogens is 1. The molecule has 0 spiro atoms. The van der Waals surface area contributed by atoms with Crippen molar-refractivity contribution in [1.29, 1.82) is 0 Å². The zero-order valence-electron chi connectivity index (χ0n) is 16.2. The van der Waals surface area contributed by atoms with E-state index in [-0.39, 0.29) is 5.92 Å². The maximum Gasteiger partial charge on any atom is 0.225 e. The molecule has 0 N–H and O–H groups in total. The number of carbonyl (C=O) groups is 1. The van der Waals surface area contributed by atoms with Crippen LogP contribution in [0.3, 0.4) is 0 Å². The first-order valence-corrected chi connectivity index (χ1v) is 9.82. The average molecular weight is 344 g/mol. The number of hydrogen-bond acceptors (Lipinski definition) is 3. The Hall–Kier alpha value is -1.58. The molecule has 2 heterocycles. The van der Waals surface area contributed by atoms with Gasteiger partial charge in [-0.2, -0.15) is 0 Å². The maximum atomic E-state index is 13.0. The van der Waals surface area contributed by atoms with Gasteiger partial charge in [-0.3, -0.25) is 4.79 Å². The molecular formula is C21H33N3O. The summed E-state index contributed by atoms with van der Waals surface area (Å²) in [6, 6.07) is 6.35. The molecule has 25 heavy (non-hydrogen) atoms. The molecular weight excluding hydrogens is 310 g/mol. The van der Waals surface area contributed by atoms with Crippen LogP contribution in [-0.4, -0.2) is 41.5 Å². The van der Waals surface area contributed by atoms with Gasteiger partial charge in [0, 0.05) is 37.8 Å². The first-order chi connectivity index (χ1) is 11.9. The quantitative estimate of drug-likeness (QED) is 0.815. The third-order valence-corrected chi connectivity index (χ3v) is 6.18. The molecule has 0 bridgehead atoms. The van der Waals surface area contributed by atoms with Crippen molar-refractivity contribution in [3.05, 3.63) is 24.4 Å². The molecule has 0 aromatic carbocycles. The van der Waals surface area contributed by atoms with E-state index in [4.69, 9.17) is 0 Å². The van der Waals surface area contributed by atoms with E-state index >= 15 is 0 Å². The van der Waals surface area contributed by atoms with Crippen molar-refractivity contribution < 1.29 is 4.79 Å². The number of pyridine rings is 1. The second-order valence-electron chi connectivity index (χ2n) is 8.93. The van der Waals surface area contributed by atoms with E-state index in [1.54, 1.807) is 0 Å². The van der Waals surface area contributed by atoms with Crippen LogP contribution < -0.4 is 4.90 Å². The van der Waals surface area contributed by atoms with Gasteiger partial charge in [-0.1, -0.05) is 26.8 Å². The van der Waals surface area contributed by atoms with E-state index in [9.17, 15) is 4.79 Å². The monoisotopic (exact) mass is 343 g/mol. The minimum atomic E-state index is 0.243. The van der Waals surface area contributed by atoms with Crippen LogP contribution in [0.4, 0.5) is 5.82 Å². The molecule has 1 saturated carbocycles. The number of hydrogen-bond donors (Lipinski definition) is 0. The van der Waals surface area contributed by atoms with Crippen LogP contribution in [0.5, 0.6) is 0 Å². The molecule has 4 heteroatoms. The summed E-state index contributed by atoms with van der Waals surface area (Å²) in [6.45, 7) is 11.7. The summed E-state index contributed by atoms with van der Waals surface area (Å²) in [4.78, 5) is 21.9. The van der Waals surface area contributed by atoms with Crippen molar-refractivity contribution in [2.24, 2.45) is 17.3 Å². The zero-order chi connectivity index (χ0) is 18.0. The van der Waals surface area contributed by atoms with Crippen LogP contribution in [0, 0.1) is 17.3 Å². The Morgan fingerprint density at radius 1 is 1.12 bits per heavy atom. The van der Waals surface area contributed by atoms with Crippen LogP contribution in [0.15, 0.2) is 24.4 Å². The first kappa shape index (κ1) is 18.2. The highest BCUT2D eigenvalue weighted by Crippen LogP contribution is 2.40. The van der Waals surface area contributed by atoms with Gasteiger partial charge >= 0.3 is 0 Å². The second-order valence-corrected chi connectivity index (χ2v) is 8.93. The molecule has 1 aromatic rings. The van der Waals surface area contributed by atoms with Crippen LogP contribution >= 0.6 is 0 Å². The molecule has 1 aliphatic heterocycles. The molecule has 2 fully saturated rings. The predicted molar refractivity (Wildman–Crippen MR) is 103 cm³/mol. The molecule has 0 radical (unpaired) electrons. The van der Waals surface area contributed by atoms with Crippen LogP contribution in [-0.2, 0) is 4.79 Å². The van der Waals surface area contributed by atoms with Gasteiger partial charge in [0.2, 0.25) is 5.91 Å².